The molecule has 2 N–H and O–H groups in total. The zero-order chi connectivity index (χ0) is 27.6. The molecule has 7 nitrogen and oxygen atoms in total. The molecule has 1 heterocycles. The van der Waals surface area contributed by atoms with Gasteiger partial charge in [-0.15, -0.1) is 6.58 Å². The number of hydrogen-bond donors (Lipinski definition) is 2. The van der Waals surface area contributed by atoms with Gasteiger partial charge in [-0.3, -0.25) is 4.79 Å². The molecule has 4 aliphatic rings. The summed E-state index contributed by atoms with van der Waals surface area (Å²) < 4.78 is 31.6. The predicted molar refractivity (Wildman–Crippen MR) is 139 cm³/mol. The van der Waals surface area contributed by atoms with Crippen molar-refractivity contribution in [2.75, 3.05) is 6.61 Å². The Kier molecular flexibility index (Phi) is 6.80. The lowest BCUT2D eigenvalue weighted by atomic mass is 9.44. The van der Waals surface area contributed by atoms with Crippen LogP contribution in [-0.2, 0) is 25.6 Å². The number of carbonyl (C=O) groups excluding carboxylic acids is 2. The Balaban J connectivity index is 1.44. The Hall–Kier alpha value is -2.23. The van der Waals surface area contributed by atoms with Crippen LogP contribution in [0.25, 0.3) is 0 Å². The van der Waals surface area contributed by atoms with Crippen molar-refractivity contribution in [3.05, 3.63) is 36.2 Å². The summed E-state index contributed by atoms with van der Waals surface area (Å²) in [6.45, 7) is 11.7. The molecule has 0 unspecified atom stereocenters. The number of hydrogen-bond acceptors (Lipinski definition) is 7. The van der Waals surface area contributed by atoms with E-state index < -0.39 is 48.5 Å². The van der Waals surface area contributed by atoms with Gasteiger partial charge in [-0.25, -0.2) is 9.18 Å². The molecular formula is C29H38BFO7. The van der Waals surface area contributed by atoms with Crippen LogP contribution < -0.4 is 10.2 Å². The second kappa shape index (κ2) is 9.45. The Labute approximate surface area is 223 Å². The van der Waals surface area contributed by atoms with E-state index >= 15 is 0 Å². The van der Waals surface area contributed by atoms with Gasteiger partial charge in [-0.05, 0) is 54.6 Å². The first-order valence-corrected chi connectivity index (χ1v) is 13.7. The molecule has 38 heavy (non-hydrogen) atoms. The largest absolute Gasteiger partial charge is 0.494 e. The average Bonchev–Trinajstić information content (AvgIpc) is 3.45. The first kappa shape index (κ1) is 27.3. The van der Waals surface area contributed by atoms with Gasteiger partial charge in [0.05, 0.1) is 12.7 Å². The van der Waals surface area contributed by atoms with Crippen LogP contribution in [0.2, 0.25) is 0 Å². The first-order valence-electron chi connectivity index (χ1n) is 13.7. The molecule has 5 rings (SSSR count). The van der Waals surface area contributed by atoms with E-state index in [1.807, 2.05) is 6.92 Å². The fraction of sp³-hybridized carbons (Fsp3) is 0.655. The van der Waals surface area contributed by atoms with Gasteiger partial charge >= 0.3 is 13.1 Å². The first-order chi connectivity index (χ1) is 17.9. The van der Waals surface area contributed by atoms with Gasteiger partial charge in [-0.1, -0.05) is 39.8 Å². The molecule has 2 bridgehead atoms. The minimum Gasteiger partial charge on any atom is -0.479 e. The van der Waals surface area contributed by atoms with Crippen molar-refractivity contribution in [1.29, 1.82) is 0 Å². The number of fused-ring (bicyclic) bond motifs is 1. The van der Waals surface area contributed by atoms with E-state index in [0.29, 0.717) is 18.4 Å². The number of halogens is 1. The third-order valence-electron chi connectivity index (χ3n) is 10.8. The Morgan fingerprint density at radius 2 is 2.05 bits per heavy atom. The summed E-state index contributed by atoms with van der Waals surface area (Å²) >= 11 is 0. The summed E-state index contributed by atoms with van der Waals surface area (Å²) in [7, 11) is -1.38. The highest BCUT2D eigenvalue weighted by molar-refractivity contribution is 6.61. The fourth-order valence-electron chi connectivity index (χ4n) is 8.20. The van der Waals surface area contributed by atoms with Crippen molar-refractivity contribution in [2.45, 2.75) is 78.6 Å². The highest BCUT2D eigenvalue weighted by atomic mass is 19.1. The van der Waals surface area contributed by atoms with E-state index in [-0.39, 0.29) is 46.8 Å². The zero-order valence-corrected chi connectivity index (χ0v) is 22.7. The Morgan fingerprint density at radius 3 is 2.76 bits per heavy atom. The zero-order valence-electron chi connectivity index (χ0n) is 22.7. The van der Waals surface area contributed by atoms with Crippen LogP contribution in [0, 0.1) is 39.8 Å². The van der Waals surface area contributed by atoms with E-state index in [4.69, 9.17) is 14.1 Å². The number of aliphatic hydroxyl groups is 1. The lowest BCUT2D eigenvalue weighted by Crippen LogP contribution is -2.63. The quantitative estimate of drug-likeness (QED) is 0.344. The standard InChI is InChI=1S/C29H38BFO7/c1-6-27(4)13-21(38-22(33)15-36-20-8-7-18-14-37-30(35)23(18)24(20)31)28(5)16(2)9-11-29(17(3)26(27)34)12-10-19(32)25(28)29/h6-8,16-17,21,25-26,34-35H,1,9-15H2,2-5H3/t16-,17-,21+,25-,26-,27+,28-,29-/m0/s1. The van der Waals surface area contributed by atoms with Gasteiger partial charge in [0.25, 0.3) is 0 Å². The lowest BCUT2D eigenvalue weighted by molar-refractivity contribution is -0.207. The van der Waals surface area contributed by atoms with Crippen molar-refractivity contribution < 1.29 is 38.2 Å². The smallest absolute Gasteiger partial charge is 0.479 e. The molecule has 1 aromatic rings. The third kappa shape index (κ3) is 3.87. The molecule has 0 spiro atoms. The van der Waals surface area contributed by atoms with Crippen molar-refractivity contribution in [3.8, 4) is 5.75 Å². The molecule has 206 valence electrons. The number of Topliss-reactive ketones (excluding diaryl/α,β-unsaturated/α-hetero) is 1. The lowest BCUT2D eigenvalue weighted by Gasteiger charge is -2.61. The maximum atomic E-state index is 14.9. The number of benzene rings is 1. The van der Waals surface area contributed by atoms with Crippen LogP contribution in [0.1, 0.15) is 65.4 Å². The van der Waals surface area contributed by atoms with E-state index in [2.05, 4.69) is 27.4 Å². The molecule has 0 saturated heterocycles. The van der Waals surface area contributed by atoms with Crippen LogP contribution in [0.5, 0.6) is 5.75 Å². The van der Waals surface area contributed by atoms with E-state index in [9.17, 15) is 24.1 Å². The Morgan fingerprint density at radius 1 is 1.32 bits per heavy atom. The summed E-state index contributed by atoms with van der Waals surface area (Å²) in [4.78, 5) is 26.7. The molecule has 0 radical (unpaired) electrons. The highest BCUT2D eigenvalue weighted by Crippen LogP contribution is 2.68. The normalized spacial score (nSPS) is 40.1. The summed E-state index contributed by atoms with van der Waals surface area (Å²) in [5, 5.41) is 21.5. The second-order valence-corrected chi connectivity index (χ2v) is 12.5. The number of rotatable bonds is 5. The van der Waals surface area contributed by atoms with Gasteiger partial charge in [0.1, 0.15) is 11.9 Å². The topological polar surface area (TPSA) is 102 Å². The average molecular weight is 528 g/mol. The van der Waals surface area contributed by atoms with Crippen LogP contribution in [0.15, 0.2) is 24.8 Å². The minimum atomic E-state index is -1.38. The number of aliphatic hydroxyl groups excluding tert-OH is 1. The van der Waals surface area contributed by atoms with Crippen molar-refractivity contribution in [3.63, 3.8) is 0 Å². The maximum absolute atomic E-state index is 14.9. The van der Waals surface area contributed by atoms with Crippen molar-refractivity contribution in [2.24, 2.45) is 34.0 Å². The minimum absolute atomic E-state index is 0.0142. The molecule has 8 atom stereocenters. The van der Waals surface area contributed by atoms with E-state index in [1.54, 1.807) is 12.1 Å². The summed E-state index contributed by atoms with van der Waals surface area (Å²) in [5.41, 5.74) is -1.20. The van der Waals surface area contributed by atoms with Gasteiger partial charge in [0.15, 0.2) is 18.2 Å². The molecule has 0 aromatic heterocycles. The van der Waals surface area contributed by atoms with Crippen LogP contribution in [-0.4, -0.2) is 47.8 Å². The molecule has 0 amide bonds. The third-order valence-corrected chi connectivity index (χ3v) is 10.8. The van der Waals surface area contributed by atoms with Gasteiger partial charge in [0, 0.05) is 28.6 Å². The molecule has 3 fully saturated rings. The number of esters is 1. The predicted octanol–water partition coefficient (Wildman–Crippen LogP) is 3.33. The Bertz CT molecular complexity index is 1160. The number of ether oxygens (including phenoxy) is 2. The van der Waals surface area contributed by atoms with Crippen molar-refractivity contribution in [1.82, 2.24) is 0 Å². The van der Waals surface area contributed by atoms with E-state index in [1.165, 1.54) is 6.07 Å². The van der Waals surface area contributed by atoms with Crippen LogP contribution >= 0.6 is 0 Å². The highest BCUT2D eigenvalue weighted by Gasteiger charge is 2.68. The maximum Gasteiger partial charge on any atom is 0.494 e. The monoisotopic (exact) mass is 528 g/mol. The SMILES string of the molecule is C=C[C@]1(C)C[C@@H](OC(=O)COc2ccc3c(c2F)B(O)OC3)[C@@]2(C)[C@@H]3C(=O)CC[C@@]3(CC[C@@H]2C)[C@@H](C)[C@@H]1O. The summed E-state index contributed by atoms with van der Waals surface area (Å²) in [5.74, 6) is -1.78. The van der Waals surface area contributed by atoms with Crippen LogP contribution in [0.4, 0.5) is 4.39 Å². The molecular weight excluding hydrogens is 490 g/mol. The number of carbonyl (C=O) groups is 2. The fourth-order valence-corrected chi connectivity index (χ4v) is 8.20. The summed E-state index contributed by atoms with van der Waals surface area (Å²) in [6, 6.07) is 3.00. The molecule has 3 aliphatic carbocycles. The van der Waals surface area contributed by atoms with Crippen molar-refractivity contribution >= 4 is 24.3 Å². The van der Waals surface area contributed by atoms with Gasteiger partial charge in [-0.2, -0.15) is 0 Å². The summed E-state index contributed by atoms with van der Waals surface area (Å²) in [6.07, 6.45) is 3.54. The van der Waals surface area contributed by atoms with Gasteiger partial charge in [0.2, 0.25) is 0 Å². The molecule has 3 saturated carbocycles. The molecule has 1 aliphatic heterocycles. The van der Waals surface area contributed by atoms with Gasteiger partial charge < -0.3 is 24.3 Å². The van der Waals surface area contributed by atoms with E-state index in [0.717, 1.165) is 19.3 Å². The molecule has 9 heteroatoms. The molecule has 1 aromatic carbocycles. The number of ketones is 1. The second-order valence-electron chi connectivity index (χ2n) is 12.5. The van der Waals surface area contributed by atoms with Crippen LogP contribution in [0.3, 0.4) is 0 Å².